The van der Waals surface area contributed by atoms with Crippen LogP contribution in [0.2, 0.25) is 5.02 Å². The van der Waals surface area contributed by atoms with Crippen LogP contribution in [0.15, 0.2) is 41.3 Å². The van der Waals surface area contributed by atoms with Crippen molar-refractivity contribution in [3.63, 3.8) is 0 Å². The fourth-order valence-electron chi connectivity index (χ4n) is 1.81. The molecule has 0 fully saturated rings. The lowest BCUT2D eigenvalue weighted by atomic mass is 10.1. The number of aromatic nitrogens is 3. The Morgan fingerprint density at radius 3 is 2.90 bits per heavy atom. The Kier molecular flexibility index (Phi) is 3.15. The highest BCUT2D eigenvalue weighted by atomic mass is 79.9. The molecule has 3 rings (SSSR count). The molecule has 0 aliphatic carbocycles. The van der Waals surface area contributed by atoms with E-state index in [2.05, 4.69) is 25.9 Å². The van der Waals surface area contributed by atoms with Gasteiger partial charge in [-0.1, -0.05) is 17.7 Å². The minimum absolute atomic E-state index is 0.100. The lowest BCUT2D eigenvalue weighted by Crippen LogP contribution is -1.90. The Morgan fingerprint density at radius 2 is 2.15 bits per heavy atom. The fraction of sp³-hybridized carbons (Fsp3) is 0. The Balaban J connectivity index is 2.15. The van der Waals surface area contributed by atoms with Gasteiger partial charge < -0.3 is 0 Å². The van der Waals surface area contributed by atoms with Crippen LogP contribution in [0.5, 0.6) is 0 Å². The molecular weight excluding hydrogens is 348 g/mol. The van der Waals surface area contributed by atoms with Crippen LogP contribution in [0.3, 0.4) is 0 Å². The topological polar surface area (TPSA) is 73.3 Å². The zero-order chi connectivity index (χ0) is 14.3. The summed E-state index contributed by atoms with van der Waals surface area (Å²) in [6.45, 7) is 0. The molecule has 0 saturated heterocycles. The van der Waals surface area contributed by atoms with Gasteiger partial charge in [-0.2, -0.15) is 0 Å². The van der Waals surface area contributed by atoms with Crippen LogP contribution in [0.25, 0.3) is 17.0 Å². The van der Waals surface area contributed by atoms with Crippen LogP contribution in [-0.4, -0.2) is 19.3 Å². The van der Waals surface area contributed by atoms with Gasteiger partial charge in [-0.15, -0.1) is 0 Å². The maximum absolute atomic E-state index is 10.9. The summed E-state index contributed by atoms with van der Waals surface area (Å²) in [7, 11) is 0. The molecule has 0 spiro atoms. The van der Waals surface area contributed by atoms with Crippen molar-refractivity contribution in [2.75, 3.05) is 0 Å². The smallest absolute Gasteiger partial charge is 0.288 e. The summed E-state index contributed by atoms with van der Waals surface area (Å²) in [6, 6.07) is 4.58. The molecule has 1 aromatic carbocycles. The highest BCUT2D eigenvalue weighted by Crippen LogP contribution is 2.29. The maximum atomic E-state index is 10.9. The SMILES string of the molecule is O=[N+]([O-])c1cc(-c2cn3cc(Br)cnc3n2)ccc1Cl. The highest BCUT2D eigenvalue weighted by molar-refractivity contribution is 9.10. The third-order valence-electron chi connectivity index (χ3n) is 2.72. The Morgan fingerprint density at radius 1 is 1.35 bits per heavy atom. The minimum Gasteiger partial charge on any atom is -0.289 e. The Bertz CT molecular complexity index is 833. The number of nitro benzene ring substituents is 1. The molecule has 6 nitrogen and oxygen atoms in total. The number of benzene rings is 1. The van der Waals surface area contributed by atoms with E-state index in [1.807, 2.05) is 6.20 Å². The van der Waals surface area contributed by atoms with Gasteiger partial charge >= 0.3 is 0 Å². The summed E-state index contributed by atoms with van der Waals surface area (Å²) in [5.41, 5.74) is 1.06. The van der Waals surface area contributed by atoms with Crippen molar-refractivity contribution < 1.29 is 4.92 Å². The molecule has 0 aliphatic heterocycles. The predicted octanol–water partition coefficient (Wildman–Crippen LogP) is 3.72. The van der Waals surface area contributed by atoms with E-state index < -0.39 is 4.92 Å². The molecule has 20 heavy (non-hydrogen) atoms. The van der Waals surface area contributed by atoms with Gasteiger partial charge in [0.05, 0.1) is 15.1 Å². The van der Waals surface area contributed by atoms with Gasteiger partial charge in [0.15, 0.2) is 0 Å². The number of imidazole rings is 1. The van der Waals surface area contributed by atoms with E-state index in [1.165, 1.54) is 12.1 Å². The Labute approximate surface area is 126 Å². The van der Waals surface area contributed by atoms with E-state index in [0.717, 1.165) is 4.47 Å². The predicted molar refractivity (Wildman–Crippen MR) is 77.8 cm³/mol. The molecule has 0 atom stereocenters. The number of hydrogen-bond acceptors (Lipinski definition) is 4. The number of nitro groups is 1. The van der Waals surface area contributed by atoms with E-state index in [-0.39, 0.29) is 10.7 Å². The van der Waals surface area contributed by atoms with E-state index in [1.54, 1.807) is 22.9 Å². The van der Waals surface area contributed by atoms with Crippen LogP contribution in [0, 0.1) is 10.1 Å². The average Bonchev–Trinajstić information content (AvgIpc) is 2.81. The maximum Gasteiger partial charge on any atom is 0.288 e. The summed E-state index contributed by atoms with van der Waals surface area (Å²) in [5, 5.41) is 11.0. The van der Waals surface area contributed by atoms with Gasteiger partial charge in [-0.25, -0.2) is 9.97 Å². The summed E-state index contributed by atoms with van der Waals surface area (Å²) in [5.74, 6) is 0.515. The number of fused-ring (bicyclic) bond motifs is 1. The molecule has 2 heterocycles. The third-order valence-corrected chi connectivity index (χ3v) is 3.45. The zero-order valence-corrected chi connectivity index (χ0v) is 12.2. The molecule has 100 valence electrons. The summed E-state index contributed by atoms with van der Waals surface area (Å²) in [4.78, 5) is 18.8. The average molecular weight is 354 g/mol. The van der Waals surface area contributed by atoms with Crippen LogP contribution in [0.4, 0.5) is 5.69 Å². The number of nitrogens with zero attached hydrogens (tertiary/aromatic N) is 4. The van der Waals surface area contributed by atoms with Crippen LogP contribution in [0.1, 0.15) is 0 Å². The molecule has 0 radical (unpaired) electrons. The lowest BCUT2D eigenvalue weighted by Gasteiger charge is -1.98. The molecule has 0 aliphatic rings. The fourth-order valence-corrected chi connectivity index (χ4v) is 2.32. The van der Waals surface area contributed by atoms with E-state index in [0.29, 0.717) is 17.0 Å². The van der Waals surface area contributed by atoms with Gasteiger partial charge in [0.2, 0.25) is 5.78 Å². The largest absolute Gasteiger partial charge is 0.289 e. The molecule has 0 amide bonds. The van der Waals surface area contributed by atoms with Gasteiger partial charge in [0.25, 0.3) is 5.69 Å². The first-order valence-corrected chi connectivity index (χ1v) is 6.66. The molecule has 8 heteroatoms. The van der Waals surface area contributed by atoms with Crippen LogP contribution < -0.4 is 0 Å². The normalized spacial score (nSPS) is 10.9. The van der Waals surface area contributed by atoms with Crippen molar-refractivity contribution in [1.29, 1.82) is 0 Å². The van der Waals surface area contributed by atoms with Crippen LogP contribution >= 0.6 is 27.5 Å². The second kappa shape index (κ2) is 4.84. The first-order chi connectivity index (χ1) is 9.54. The first-order valence-electron chi connectivity index (χ1n) is 5.49. The number of hydrogen-bond donors (Lipinski definition) is 0. The van der Waals surface area contributed by atoms with Crippen molar-refractivity contribution in [1.82, 2.24) is 14.4 Å². The van der Waals surface area contributed by atoms with E-state index in [9.17, 15) is 10.1 Å². The van der Waals surface area contributed by atoms with Crippen molar-refractivity contribution in [3.8, 4) is 11.3 Å². The first kappa shape index (κ1) is 13.0. The summed E-state index contributed by atoms with van der Waals surface area (Å²) < 4.78 is 2.55. The lowest BCUT2D eigenvalue weighted by molar-refractivity contribution is -0.384. The summed E-state index contributed by atoms with van der Waals surface area (Å²) >= 11 is 9.11. The van der Waals surface area contributed by atoms with Crippen molar-refractivity contribution in [3.05, 3.63) is 56.4 Å². The van der Waals surface area contributed by atoms with Crippen molar-refractivity contribution in [2.24, 2.45) is 0 Å². The Hall–Kier alpha value is -1.99. The second-order valence-electron chi connectivity index (χ2n) is 4.03. The molecule has 0 unspecified atom stereocenters. The molecular formula is C12H6BrClN4O2. The standard InChI is InChI=1S/C12H6BrClN4O2/c13-8-4-15-12-16-10(6-17(12)5-8)7-1-2-9(14)11(3-7)18(19)20/h1-6H. The van der Waals surface area contributed by atoms with Gasteiger partial charge in [0.1, 0.15) is 5.02 Å². The third kappa shape index (κ3) is 2.25. The second-order valence-corrected chi connectivity index (χ2v) is 5.35. The zero-order valence-electron chi connectivity index (χ0n) is 9.83. The van der Waals surface area contributed by atoms with Crippen molar-refractivity contribution >= 4 is 39.0 Å². The number of rotatable bonds is 2. The minimum atomic E-state index is -0.517. The van der Waals surface area contributed by atoms with Gasteiger partial charge in [0, 0.05) is 30.2 Å². The van der Waals surface area contributed by atoms with Crippen molar-refractivity contribution in [2.45, 2.75) is 0 Å². The molecule has 3 aromatic rings. The molecule has 0 bridgehead atoms. The van der Waals surface area contributed by atoms with Gasteiger partial charge in [-0.3, -0.25) is 14.5 Å². The summed E-state index contributed by atoms with van der Waals surface area (Å²) in [6.07, 6.45) is 5.19. The van der Waals surface area contributed by atoms with E-state index >= 15 is 0 Å². The van der Waals surface area contributed by atoms with Crippen LogP contribution in [-0.2, 0) is 0 Å². The highest BCUT2D eigenvalue weighted by Gasteiger charge is 2.15. The monoisotopic (exact) mass is 352 g/mol. The molecule has 0 saturated carbocycles. The molecule has 2 aromatic heterocycles. The molecule has 0 N–H and O–H groups in total. The number of halogens is 2. The van der Waals surface area contributed by atoms with E-state index in [4.69, 9.17) is 11.6 Å². The van der Waals surface area contributed by atoms with Gasteiger partial charge in [-0.05, 0) is 22.0 Å². The quantitative estimate of drug-likeness (QED) is 0.520.